The van der Waals surface area contributed by atoms with Gasteiger partial charge in [0.05, 0.1) is 19.8 Å². The molecular formula is C19H26N4O2. The van der Waals surface area contributed by atoms with Crippen LogP contribution in [0.1, 0.15) is 18.1 Å². The maximum atomic E-state index is 6.92. The number of nitrogen functional groups attached to an aromatic ring is 1. The summed E-state index contributed by atoms with van der Waals surface area (Å²) in [6.45, 7) is 7.83. The molecule has 3 N–H and O–H groups in total. The van der Waals surface area contributed by atoms with Gasteiger partial charge in [0.1, 0.15) is 5.82 Å². The number of nitrogens with one attached hydrogen (secondary N) is 1. The van der Waals surface area contributed by atoms with Crippen LogP contribution in [0.5, 0.6) is 5.88 Å². The fourth-order valence-electron chi connectivity index (χ4n) is 2.50. The Morgan fingerprint density at radius 2 is 2.04 bits per heavy atom. The predicted molar refractivity (Wildman–Crippen MR) is 102 cm³/mol. The van der Waals surface area contributed by atoms with E-state index in [-0.39, 0.29) is 0 Å². The normalized spacial score (nSPS) is 13.6. The van der Waals surface area contributed by atoms with E-state index in [4.69, 9.17) is 20.6 Å². The molecule has 6 heteroatoms. The van der Waals surface area contributed by atoms with Gasteiger partial charge < -0.3 is 25.5 Å². The summed E-state index contributed by atoms with van der Waals surface area (Å²) in [7, 11) is 0. The lowest BCUT2D eigenvalue weighted by Crippen LogP contribution is -2.36. The maximum absolute atomic E-state index is 6.92. The molecule has 0 amide bonds. The van der Waals surface area contributed by atoms with Gasteiger partial charge in [-0.2, -0.15) is 4.98 Å². The van der Waals surface area contributed by atoms with Crippen LogP contribution in [0.3, 0.4) is 0 Å². The number of nitrogens with zero attached hydrogens (tertiary/aromatic N) is 2. The van der Waals surface area contributed by atoms with Crippen LogP contribution in [0.4, 0.5) is 11.5 Å². The molecule has 0 atom stereocenters. The number of aryl methyl sites for hydroxylation is 1. The Bertz CT molecular complexity index is 685. The van der Waals surface area contributed by atoms with Gasteiger partial charge in [-0.3, -0.25) is 0 Å². The molecule has 0 radical (unpaired) electrons. The van der Waals surface area contributed by atoms with Gasteiger partial charge in [0, 0.05) is 37.1 Å². The number of hydrogen-bond acceptors (Lipinski definition) is 6. The minimum Gasteiger partial charge on any atom is -0.478 e. The van der Waals surface area contributed by atoms with Gasteiger partial charge in [0.2, 0.25) is 5.88 Å². The Morgan fingerprint density at radius 1 is 1.28 bits per heavy atom. The smallest absolute Gasteiger partial charge is 0.217 e. The van der Waals surface area contributed by atoms with Crippen molar-refractivity contribution >= 4 is 17.7 Å². The highest BCUT2D eigenvalue weighted by atomic mass is 16.5. The summed E-state index contributed by atoms with van der Waals surface area (Å²) < 4.78 is 10.7. The van der Waals surface area contributed by atoms with Gasteiger partial charge >= 0.3 is 0 Å². The Labute approximate surface area is 149 Å². The molecule has 0 unspecified atom stereocenters. The number of ether oxygens (including phenoxy) is 2. The summed E-state index contributed by atoms with van der Waals surface area (Å²) >= 11 is 0. The van der Waals surface area contributed by atoms with E-state index < -0.39 is 0 Å². The Morgan fingerprint density at radius 3 is 2.64 bits per heavy atom. The van der Waals surface area contributed by atoms with Crippen molar-refractivity contribution in [3.63, 3.8) is 0 Å². The monoisotopic (exact) mass is 342 g/mol. The first-order valence-corrected chi connectivity index (χ1v) is 8.42. The second-order valence-corrected chi connectivity index (χ2v) is 5.68. The summed E-state index contributed by atoms with van der Waals surface area (Å²) in [4.78, 5) is 6.34. The van der Waals surface area contributed by atoms with Crippen molar-refractivity contribution in [1.29, 1.82) is 5.41 Å². The van der Waals surface area contributed by atoms with Crippen LogP contribution < -0.4 is 15.4 Å². The lowest BCUT2D eigenvalue weighted by Gasteiger charge is -2.29. The molecule has 1 saturated heterocycles. The van der Waals surface area contributed by atoms with E-state index in [0.717, 1.165) is 37.6 Å². The van der Waals surface area contributed by atoms with Crippen molar-refractivity contribution in [1.82, 2.24) is 4.98 Å². The minimum atomic E-state index is 0.493. The number of morpholine rings is 1. The van der Waals surface area contributed by atoms with Gasteiger partial charge in [-0.25, -0.2) is 0 Å². The van der Waals surface area contributed by atoms with Crippen LogP contribution in [0.25, 0.3) is 0 Å². The fourth-order valence-corrected chi connectivity index (χ4v) is 2.50. The number of anilines is 2. The van der Waals surface area contributed by atoms with Crippen molar-refractivity contribution in [3.05, 3.63) is 47.5 Å². The van der Waals surface area contributed by atoms with Crippen LogP contribution in [-0.4, -0.2) is 44.1 Å². The first kappa shape index (κ1) is 18.7. The van der Waals surface area contributed by atoms with E-state index in [1.54, 1.807) is 0 Å². The van der Waals surface area contributed by atoms with Crippen molar-refractivity contribution in [2.75, 3.05) is 43.5 Å². The second kappa shape index (κ2) is 9.64. The zero-order valence-electron chi connectivity index (χ0n) is 14.9. The summed E-state index contributed by atoms with van der Waals surface area (Å²) in [5, 5.41) is 6.92. The van der Waals surface area contributed by atoms with E-state index in [1.807, 2.05) is 50.2 Å². The summed E-state index contributed by atoms with van der Waals surface area (Å²) in [5.74, 6) is 1.08. The first-order valence-electron chi connectivity index (χ1n) is 8.42. The van der Waals surface area contributed by atoms with Gasteiger partial charge in [-0.05, 0) is 19.4 Å². The zero-order chi connectivity index (χ0) is 18.1. The zero-order valence-corrected chi connectivity index (χ0v) is 14.9. The molecule has 3 rings (SSSR count). The number of pyridine rings is 1. The van der Waals surface area contributed by atoms with Gasteiger partial charge in [0.25, 0.3) is 0 Å². The maximum Gasteiger partial charge on any atom is 0.217 e. The Balaban J connectivity index is 0.000000212. The Kier molecular flexibility index (Phi) is 7.22. The van der Waals surface area contributed by atoms with Gasteiger partial charge in [-0.1, -0.05) is 29.8 Å². The van der Waals surface area contributed by atoms with E-state index in [1.165, 1.54) is 11.8 Å². The summed E-state index contributed by atoms with van der Waals surface area (Å²) in [6.07, 6.45) is 1.35. The van der Waals surface area contributed by atoms with Crippen LogP contribution in [0.2, 0.25) is 0 Å². The van der Waals surface area contributed by atoms with Crippen LogP contribution >= 0.6 is 0 Å². The van der Waals surface area contributed by atoms with E-state index in [0.29, 0.717) is 18.3 Å². The van der Waals surface area contributed by atoms with E-state index >= 15 is 0 Å². The topological polar surface area (TPSA) is 84.5 Å². The molecular weight excluding hydrogens is 316 g/mol. The lowest BCUT2D eigenvalue weighted by atomic mass is 10.2. The molecule has 25 heavy (non-hydrogen) atoms. The number of nitrogens with two attached hydrogens (primary N) is 1. The van der Waals surface area contributed by atoms with Crippen LogP contribution in [0, 0.1) is 12.3 Å². The molecule has 134 valence electrons. The average molecular weight is 342 g/mol. The molecule has 2 aromatic rings. The minimum absolute atomic E-state index is 0.493. The largest absolute Gasteiger partial charge is 0.478 e. The highest BCUT2D eigenvalue weighted by Crippen LogP contribution is 2.23. The Hall–Kier alpha value is -2.60. The van der Waals surface area contributed by atoms with Gasteiger partial charge in [0.15, 0.2) is 0 Å². The number of benzene rings is 1. The molecule has 1 aliphatic rings. The van der Waals surface area contributed by atoms with Gasteiger partial charge in [-0.15, -0.1) is 0 Å². The highest BCUT2D eigenvalue weighted by molar-refractivity contribution is 5.76. The first-order chi connectivity index (χ1) is 12.1. The molecule has 0 bridgehead atoms. The average Bonchev–Trinajstić information content (AvgIpc) is 2.63. The van der Waals surface area contributed by atoms with Crippen molar-refractivity contribution in [2.45, 2.75) is 13.8 Å². The molecule has 0 saturated carbocycles. The predicted octanol–water partition coefficient (Wildman–Crippen LogP) is 2.89. The second-order valence-electron chi connectivity index (χ2n) is 5.68. The molecule has 0 spiro atoms. The molecule has 0 aliphatic carbocycles. The van der Waals surface area contributed by atoms with E-state index in [2.05, 4.69) is 9.88 Å². The molecule has 6 nitrogen and oxygen atoms in total. The number of aromatic nitrogens is 1. The van der Waals surface area contributed by atoms with E-state index in [9.17, 15) is 0 Å². The summed E-state index contributed by atoms with van der Waals surface area (Å²) in [5.41, 5.74) is 8.97. The third kappa shape index (κ3) is 6.08. The molecule has 1 fully saturated rings. The molecule has 1 aliphatic heterocycles. The fraction of sp³-hybridized carbons (Fsp3) is 0.368. The molecule has 2 heterocycles. The lowest BCUT2D eigenvalue weighted by molar-refractivity contribution is 0.122. The molecule has 1 aromatic carbocycles. The SMILES string of the molecule is CCOc1cc(N2CCOCC2)cc(N)n1.Cc1cccc(C=N)c1. The number of hydrogen-bond donors (Lipinski definition) is 2. The third-order valence-corrected chi connectivity index (χ3v) is 3.68. The number of rotatable bonds is 4. The van der Waals surface area contributed by atoms with Crippen molar-refractivity contribution in [3.8, 4) is 5.88 Å². The highest BCUT2D eigenvalue weighted by Gasteiger charge is 2.13. The van der Waals surface area contributed by atoms with Crippen molar-refractivity contribution in [2.24, 2.45) is 0 Å². The third-order valence-electron chi connectivity index (χ3n) is 3.68. The standard InChI is InChI=1S/C11H17N3O2.C8H9N/c1-2-16-11-8-9(7-10(12)13-11)14-3-5-15-6-4-14;1-7-3-2-4-8(5-7)6-9/h7-8H,2-6H2,1H3,(H2,12,13);2-6,9H,1H3. The van der Waals surface area contributed by atoms with Crippen LogP contribution in [-0.2, 0) is 4.74 Å². The quantitative estimate of drug-likeness (QED) is 0.835. The summed E-state index contributed by atoms with van der Waals surface area (Å²) in [6, 6.07) is 11.7. The molecule has 1 aromatic heterocycles. The van der Waals surface area contributed by atoms with Crippen LogP contribution in [0.15, 0.2) is 36.4 Å². The van der Waals surface area contributed by atoms with Crippen molar-refractivity contribution < 1.29 is 9.47 Å².